The molecule has 2 atom stereocenters. The van der Waals surface area contributed by atoms with Crippen LogP contribution in [0.5, 0.6) is 0 Å². The molecule has 1 aliphatic heterocycles. The minimum Gasteiger partial charge on any atom is -0.481 e. The van der Waals surface area contributed by atoms with Gasteiger partial charge in [-0.25, -0.2) is 0 Å². The Bertz CT molecular complexity index is 313. The van der Waals surface area contributed by atoms with Gasteiger partial charge in [0.15, 0.2) is 0 Å². The second-order valence-electron chi connectivity index (χ2n) is 7.46. The van der Waals surface area contributed by atoms with Crippen molar-refractivity contribution in [1.29, 1.82) is 0 Å². The molecule has 0 spiro atoms. The molecule has 1 saturated heterocycles. The van der Waals surface area contributed by atoms with Crippen molar-refractivity contribution in [2.75, 3.05) is 13.1 Å². The summed E-state index contributed by atoms with van der Waals surface area (Å²) >= 11 is 0. The Balaban J connectivity index is 1.86. The van der Waals surface area contributed by atoms with Gasteiger partial charge in [-0.15, -0.1) is 0 Å². The minimum atomic E-state index is -0.572. The Morgan fingerprint density at radius 1 is 1.05 bits per heavy atom. The highest BCUT2D eigenvalue weighted by atomic mass is 16.4. The number of hydrogen-bond donors (Lipinski definition) is 1. The smallest absolute Gasteiger partial charge is 0.306 e. The molecule has 110 valence electrons. The van der Waals surface area contributed by atoms with E-state index in [4.69, 9.17) is 0 Å². The monoisotopic (exact) mass is 267 g/mol. The molecular formula is C16H29NO2. The first-order chi connectivity index (χ1) is 8.88. The van der Waals surface area contributed by atoms with Crippen LogP contribution in [0.15, 0.2) is 0 Å². The van der Waals surface area contributed by atoms with E-state index in [1.807, 2.05) is 0 Å². The molecule has 0 aromatic carbocycles. The lowest BCUT2D eigenvalue weighted by atomic mass is 9.72. The zero-order valence-electron chi connectivity index (χ0n) is 12.7. The molecule has 0 amide bonds. The molecule has 19 heavy (non-hydrogen) atoms. The van der Waals surface area contributed by atoms with Crippen molar-refractivity contribution in [3.63, 3.8) is 0 Å². The van der Waals surface area contributed by atoms with Gasteiger partial charge in [0.05, 0.1) is 5.92 Å². The molecule has 1 saturated carbocycles. The number of piperidine rings is 1. The molecule has 0 aromatic rings. The van der Waals surface area contributed by atoms with E-state index in [2.05, 4.69) is 25.7 Å². The predicted molar refractivity (Wildman–Crippen MR) is 77.1 cm³/mol. The minimum absolute atomic E-state index is 0.0700. The number of aliphatic carboxylic acids is 1. The van der Waals surface area contributed by atoms with Gasteiger partial charge < -0.3 is 5.11 Å². The van der Waals surface area contributed by atoms with Crippen molar-refractivity contribution in [3.8, 4) is 0 Å². The van der Waals surface area contributed by atoms with Crippen LogP contribution in [0.25, 0.3) is 0 Å². The van der Waals surface area contributed by atoms with E-state index in [-0.39, 0.29) is 11.5 Å². The summed E-state index contributed by atoms with van der Waals surface area (Å²) in [7, 11) is 0. The fourth-order valence-corrected chi connectivity index (χ4v) is 3.92. The number of likely N-dealkylation sites (tertiary alicyclic amines) is 1. The summed E-state index contributed by atoms with van der Waals surface area (Å²) in [6, 6.07) is 0. The third kappa shape index (κ3) is 3.71. The molecule has 1 heterocycles. The van der Waals surface area contributed by atoms with Crippen LogP contribution >= 0.6 is 0 Å². The zero-order chi connectivity index (χ0) is 14.0. The van der Waals surface area contributed by atoms with Crippen molar-refractivity contribution < 1.29 is 9.90 Å². The van der Waals surface area contributed by atoms with Gasteiger partial charge in [-0.3, -0.25) is 9.69 Å². The second kappa shape index (κ2) is 5.82. The molecule has 0 bridgehead atoms. The van der Waals surface area contributed by atoms with Gasteiger partial charge in [0.2, 0.25) is 0 Å². The molecule has 3 heteroatoms. The van der Waals surface area contributed by atoms with Crippen molar-refractivity contribution >= 4 is 5.97 Å². The van der Waals surface area contributed by atoms with Crippen LogP contribution in [0.2, 0.25) is 0 Å². The van der Waals surface area contributed by atoms with Gasteiger partial charge in [-0.2, -0.15) is 0 Å². The van der Waals surface area contributed by atoms with Gasteiger partial charge in [0.1, 0.15) is 0 Å². The Labute approximate surface area is 117 Å². The molecule has 2 unspecified atom stereocenters. The van der Waals surface area contributed by atoms with Crippen LogP contribution < -0.4 is 0 Å². The van der Waals surface area contributed by atoms with Crippen LogP contribution in [0.4, 0.5) is 0 Å². The maximum absolute atomic E-state index is 11.2. The Morgan fingerprint density at radius 2 is 1.68 bits per heavy atom. The SMILES string of the molecule is CC(C)(C)N1CCC(C2CCCC(C(=O)O)C2)CC1. The quantitative estimate of drug-likeness (QED) is 0.833. The third-order valence-corrected chi connectivity index (χ3v) is 5.22. The fraction of sp³-hybridized carbons (Fsp3) is 0.938. The topological polar surface area (TPSA) is 40.5 Å². The molecule has 0 radical (unpaired) electrons. The molecular weight excluding hydrogens is 238 g/mol. The van der Waals surface area contributed by atoms with E-state index >= 15 is 0 Å². The van der Waals surface area contributed by atoms with Crippen LogP contribution in [0.3, 0.4) is 0 Å². The number of carbonyl (C=O) groups is 1. The van der Waals surface area contributed by atoms with Crippen LogP contribution in [-0.4, -0.2) is 34.6 Å². The predicted octanol–water partition coefficient (Wildman–Crippen LogP) is 3.39. The zero-order valence-corrected chi connectivity index (χ0v) is 12.7. The van der Waals surface area contributed by atoms with Gasteiger partial charge in [-0.1, -0.05) is 12.8 Å². The highest BCUT2D eigenvalue weighted by molar-refractivity contribution is 5.70. The van der Waals surface area contributed by atoms with Crippen molar-refractivity contribution in [1.82, 2.24) is 4.90 Å². The highest BCUT2D eigenvalue weighted by Crippen LogP contribution is 2.39. The summed E-state index contributed by atoms with van der Waals surface area (Å²) in [6.07, 6.45) is 6.70. The number of rotatable bonds is 2. The van der Waals surface area contributed by atoms with E-state index in [1.54, 1.807) is 0 Å². The number of carboxylic acid groups (broad SMARTS) is 1. The lowest BCUT2D eigenvalue weighted by Crippen LogP contribution is -2.47. The lowest BCUT2D eigenvalue weighted by Gasteiger charge is -2.44. The van der Waals surface area contributed by atoms with E-state index < -0.39 is 5.97 Å². The molecule has 2 rings (SSSR count). The molecule has 1 N–H and O–H groups in total. The summed E-state index contributed by atoms with van der Waals surface area (Å²) in [5, 5.41) is 9.19. The molecule has 0 aromatic heterocycles. The number of carboxylic acids is 1. The van der Waals surface area contributed by atoms with Gasteiger partial charge in [0.25, 0.3) is 0 Å². The molecule has 3 nitrogen and oxygen atoms in total. The maximum Gasteiger partial charge on any atom is 0.306 e. The Kier molecular flexibility index (Phi) is 4.54. The third-order valence-electron chi connectivity index (χ3n) is 5.22. The van der Waals surface area contributed by atoms with E-state index in [0.29, 0.717) is 5.92 Å². The molecule has 2 fully saturated rings. The Morgan fingerprint density at radius 3 is 2.21 bits per heavy atom. The number of hydrogen-bond acceptors (Lipinski definition) is 2. The summed E-state index contributed by atoms with van der Waals surface area (Å²) in [5.41, 5.74) is 0.279. The largest absolute Gasteiger partial charge is 0.481 e. The first kappa shape index (κ1) is 14.8. The van der Waals surface area contributed by atoms with E-state index in [1.165, 1.54) is 32.4 Å². The van der Waals surface area contributed by atoms with Crippen molar-refractivity contribution in [2.45, 2.75) is 64.8 Å². The summed E-state index contributed by atoms with van der Waals surface area (Å²) < 4.78 is 0. The Hall–Kier alpha value is -0.570. The van der Waals surface area contributed by atoms with Crippen molar-refractivity contribution in [2.24, 2.45) is 17.8 Å². The molecule has 2 aliphatic rings. The van der Waals surface area contributed by atoms with Crippen molar-refractivity contribution in [3.05, 3.63) is 0 Å². The average Bonchev–Trinajstić information content (AvgIpc) is 2.38. The number of nitrogens with zero attached hydrogens (tertiary/aromatic N) is 1. The summed E-state index contributed by atoms with van der Waals surface area (Å²) in [4.78, 5) is 13.7. The average molecular weight is 267 g/mol. The summed E-state index contributed by atoms with van der Waals surface area (Å²) in [5.74, 6) is 0.786. The highest BCUT2D eigenvalue weighted by Gasteiger charge is 2.35. The maximum atomic E-state index is 11.2. The van der Waals surface area contributed by atoms with E-state index in [0.717, 1.165) is 25.2 Å². The second-order valence-corrected chi connectivity index (χ2v) is 7.46. The normalized spacial score (nSPS) is 31.3. The van der Waals surface area contributed by atoms with Gasteiger partial charge in [-0.05, 0) is 71.4 Å². The van der Waals surface area contributed by atoms with Gasteiger partial charge >= 0.3 is 5.97 Å². The first-order valence-electron chi connectivity index (χ1n) is 7.86. The van der Waals surface area contributed by atoms with E-state index in [9.17, 15) is 9.90 Å². The summed E-state index contributed by atoms with van der Waals surface area (Å²) in [6.45, 7) is 9.22. The van der Waals surface area contributed by atoms with Crippen LogP contribution in [-0.2, 0) is 4.79 Å². The first-order valence-corrected chi connectivity index (χ1v) is 7.86. The fourth-order valence-electron chi connectivity index (χ4n) is 3.92. The molecule has 1 aliphatic carbocycles. The lowest BCUT2D eigenvalue weighted by molar-refractivity contribution is -0.143. The standard InChI is InChI=1S/C16H29NO2/c1-16(2,3)17-9-7-12(8-10-17)13-5-4-6-14(11-13)15(18)19/h12-14H,4-11H2,1-3H3,(H,18,19). The van der Waals surface area contributed by atoms with Crippen LogP contribution in [0.1, 0.15) is 59.3 Å². The van der Waals surface area contributed by atoms with Gasteiger partial charge in [0, 0.05) is 5.54 Å². The van der Waals surface area contributed by atoms with Crippen LogP contribution in [0, 0.1) is 17.8 Å².